The van der Waals surface area contributed by atoms with Crippen molar-refractivity contribution < 1.29 is 14.4 Å². The molecular formula is C10H13N3O4S. The number of hydrogen-bond donors (Lipinski definition) is 2. The van der Waals surface area contributed by atoms with Crippen molar-refractivity contribution in [2.45, 2.75) is 5.75 Å². The van der Waals surface area contributed by atoms with Gasteiger partial charge in [0.2, 0.25) is 0 Å². The van der Waals surface area contributed by atoms with Crippen LogP contribution in [0.4, 0.5) is 5.69 Å². The summed E-state index contributed by atoms with van der Waals surface area (Å²) in [7, 11) is 2.86. The molecule has 1 aromatic rings. The Morgan fingerprint density at radius 2 is 2.00 bits per heavy atom. The van der Waals surface area contributed by atoms with Gasteiger partial charge in [-0.15, -0.1) is 0 Å². The van der Waals surface area contributed by atoms with Gasteiger partial charge in [0.15, 0.2) is 16.7 Å². The van der Waals surface area contributed by atoms with Crippen LogP contribution < -0.4 is 15.2 Å². The summed E-state index contributed by atoms with van der Waals surface area (Å²) < 4.78 is 10.1. The highest BCUT2D eigenvalue weighted by molar-refractivity contribution is 8.13. The van der Waals surface area contributed by atoms with Gasteiger partial charge in [0.25, 0.3) is 5.69 Å². The lowest BCUT2D eigenvalue weighted by atomic mass is 10.2. The third-order valence-corrected chi connectivity index (χ3v) is 2.93. The monoisotopic (exact) mass is 271 g/mol. The van der Waals surface area contributed by atoms with Crippen molar-refractivity contribution in [1.29, 1.82) is 5.41 Å². The van der Waals surface area contributed by atoms with Crippen LogP contribution in [0.15, 0.2) is 12.1 Å². The molecule has 0 aromatic heterocycles. The van der Waals surface area contributed by atoms with E-state index < -0.39 is 4.92 Å². The number of rotatable bonds is 5. The first-order valence-electron chi connectivity index (χ1n) is 4.85. The number of nitrogens with one attached hydrogen (secondary N) is 1. The summed E-state index contributed by atoms with van der Waals surface area (Å²) >= 11 is 1.01. The second kappa shape index (κ2) is 6.10. The molecule has 0 saturated heterocycles. The van der Waals surface area contributed by atoms with Gasteiger partial charge in [0, 0.05) is 11.3 Å². The van der Waals surface area contributed by atoms with Crippen LogP contribution in [0.5, 0.6) is 11.5 Å². The number of amidine groups is 1. The highest BCUT2D eigenvalue weighted by atomic mass is 32.2. The van der Waals surface area contributed by atoms with Crippen LogP contribution in [0, 0.1) is 15.5 Å². The molecule has 0 spiro atoms. The van der Waals surface area contributed by atoms with Crippen molar-refractivity contribution in [2.24, 2.45) is 5.73 Å². The van der Waals surface area contributed by atoms with Crippen LogP contribution >= 0.6 is 11.8 Å². The van der Waals surface area contributed by atoms with E-state index >= 15 is 0 Å². The molecule has 0 bridgehead atoms. The van der Waals surface area contributed by atoms with E-state index in [0.717, 1.165) is 11.8 Å². The Bertz CT molecular complexity index is 478. The van der Waals surface area contributed by atoms with Crippen molar-refractivity contribution in [3.8, 4) is 11.5 Å². The predicted octanol–water partition coefficient (Wildman–Crippen LogP) is 1.74. The summed E-state index contributed by atoms with van der Waals surface area (Å²) in [5.41, 5.74) is 5.56. The molecule has 0 aliphatic carbocycles. The Morgan fingerprint density at radius 3 is 2.44 bits per heavy atom. The topological polar surface area (TPSA) is 111 Å². The Hall–Kier alpha value is -1.96. The minimum atomic E-state index is -0.502. The molecule has 0 atom stereocenters. The molecule has 0 aliphatic rings. The van der Waals surface area contributed by atoms with Crippen LogP contribution in [0.3, 0.4) is 0 Å². The zero-order chi connectivity index (χ0) is 13.7. The summed E-state index contributed by atoms with van der Waals surface area (Å²) in [6, 6.07) is 2.82. The van der Waals surface area contributed by atoms with Crippen LogP contribution in [0.2, 0.25) is 0 Å². The minimum Gasteiger partial charge on any atom is -0.493 e. The van der Waals surface area contributed by atoms with Crippen molar-refractivity contribution in [1.82, 2.24) is 0 Å². The van der Waals surface area contributed by atoms with E-state index in [0.29, 0.717) is 17.1 Å². The molecule has 0 amide bonds. The molecule has 0 aliphatic heterocycles. The van der Waals surface area contributed by atoms with Crippen molar-refractivity contribution in [3.63, 3.8) is 0 Å². The lowest BCUT2D eigenvalue weighted by Crippen LogP contribution is -2.05. The second-order valence-electron chi connectivity index (χ2n) is 3.25. The average Bonchev–Trinajstić information content (AvgIpc) is 2.34. The van der Waals surface area contributed by atoms with Crippen LogP contribution in [-0.4, -0.2) is 24.3 Å². The fourth-order valence-corrected chi connectivity index (χ4v) is 1.89. The SMILES string of the molecule is COc1cc(CSC(=N)N)c([N+](=O)[O-])cc1OC. The quantitative estimate of drug-likeness (QED) is 0.365. The Morgan fingerprint density at radius 1 is 1.44 bits per heavy atom. The summed E-state index contributed by atoms with van der Waals surface area (Å²) in [4.78, 5) is 10.4. The highest BCUT2D eigenvalue weighted by Gasteiger charge is 2.19. The first-order valence-corrected chi connectivity index (χ1v) is 5.84. The highest BCUT2D eigenvalue weighted by Crippen LogP contribution is 2.35. The third-order valence-electron chi connectivity index (χ3n) is 2.16. The van der Waals surface area contributed by atoms with Gasteiger partial charge in [0.05, 0.1) is 25.2 Å². The largest absolute Gasteiger partial charge is 0.493 e. The number of nitrogens with two attached hydrogens (primary N) is 1. The maximum atomic E-state index is 10.9. The van der Waals surface area contributed by atoms with E-state index in [1.807, 2.05) is 0 Å². The standard InChI is InChI=1S/C10H13N3O4S/c1-16-8-3-6(5-18-10(11)12)7(13(14)15)4-9(8)17-2/h3-4H,5H2,1-2H3,(H3,11,12). The Kier molecular flexibility index (Phi) is 4.78. The molecule has 7 nitrogen and oxygen atoms in total. The molecular weight excluding hydrogens is 258 g/mol. The van der Waals surface area contributed by atoms with E-state index in [9.17, 15) is 10.1 Å². The molecule has 0 unspecified atom stereocenters. The lowest BCUT2D eigenvalue weighted by Gasteiger charge is -2.10. The number of nitrogens with zero attached hydrogens (tertiary/aromatic N) is 1. The van der Waals surface area contributed by atoms with Gasteiger partial charge in [-0.3, -0.25) is 15.5 Å². The number of ether oxygens (including phenoxy) is 2. The van der Waals surface area contributed by atoms with Gasteiger partial charge in [-0.2, -0.15) is 0 Å². The van der Waals surface area contributed by atoms with Crippen molar-refractivity contribution in [3.05, 3.63) is 27.8 Å². The second-order valence-corrected chi connectivity index (χ2v) is 4.26. The lowest BCUT2D eigenvalue weighted by molar-refractivity contribution is -0.385. The zero-order valence-corrected chi connectivity index (χ0v) is 10.7. The number of methoxy groups -OCH3 is 2. The normalized spacial score (nSPS) is 9.89. The van der Waals surface area contributed by atoms with Crippen LogP contribution in [-0.2, 0) is 5.75 Å². The predicted molar refractivity (Wildman–Crippen MR) is 69.4 cm³/mol. The molecule has 0 fully saturated rings. The van der Waals surface area contributed by atoms with E-state index in [4.69, 9.17) is 20.6 Å². The van der Waals surface area contributed by atoms with Gasteiger partial charge >= 0.3 is 0 Å². The van der Waals surface area contributed by atoms with Gasteiger partial charge < -0.3 is 15.2 Å². The van der Waals surface area contributed by atoms with Crippen LogP contribution in [0.1, 0.15) is 5.56 Å². The molecule has 98 valence electrons. The molecule has 0 saturated carbocycles. The van der Waals surface area contributed by atoms with Crippen molar-refractivity contribution in [2.75, 3.05) is 14.2 Å². The summed E-state index contributed by atoms with van der Waals surface area (Å²) in [6.07, 6.45) is 0. The average molecular weight is 271 g/mol. The van der Waals surface area contributed by atoms with Crippen molar-refractivity contribution >= 4 is 22.6 Å². The van der Waals surface area contributed by atoms with Gasteiger partial charge in [-0.05, 0) is 6.07 Å². The first kappa shape index (κ1) is 14.1. The molecule has 1 aromatic carbocycles. The first-order chi connectivity index (χ1) is 8.49. The van der Waals surface area contributed by atoms with E-state index in [1.54, 1.807) is 0 Å². The summed E-state index contributed by atoms with van der Waals surface area (Å²) in [5.74, 6) is 0.925. The minimum absolute atomic E-state index is 0.0820. The molecule has 8 heteroatoms. The summed E-state index contributed by atoms with van der Waals surface area (Å²) in [5, 5.41) is 18.0. The number of nitro groups is 1. The number of benzene rings is 1. The fourth-order valence-electron chi connectivity index (χ4n) is 1.35. The molecule has 0 heterocycles. The smallest absolute Gasteiger partial charge is 0.277 e. The summed E-state index contributed by atoms with van der Waals surface area (Å²) in [6.45, 7) is 0. The van der Waals surface area contributed by atoms with E-state index in [-0.39, 0.29) is 16.6 Å². The zero-order valence-electron chi connectivity index (χ0n) is 9.93. The molecule has 18 heavy (non-hydrogen) atoms. The Labute approximate surface area is 108 Å². The Balaban J connectivity index is 3.20. The van der Waals surface area contributed by atoms with Crippen LogP contribution in [0.25, 0.3) is 0 Å². The fraction of sp³-hybridized carbons (Fsp3) is 0.300. The maximum Gasteiger partial charge on any atom is 0.277 e. The third kappa shape index (κ3) is 3.27. The molecule has 0 radical (unpaired) electrons. The van der Waals surface area contributed by atoms with Gasteiger partial charge in [-0.25, -0.2) is 0 Å². The molecule has 3 N–H and O–H groups in total. The number of hydrogen-bond acceptors (Lipinski definition) is 6. The van der Waals surface area contributed by atoms with Gasteiger partial charge in [-0.1, -0.05) is 11.8 Å². The number of nitro benzene ring substituents is 1. The number of thioether (sulfide) groups is 1. The van der Waals surface area contributed by atoms with Gasteiger partial charge in [0.1, 0.15) is 0 Å². The maximum absolute atomic E-state index is 10.9. The van der Waals surface area contributed by atoms with E-state index in [2.05, 4.69) is 0 Å². The molecule has 1 rings (SSSR count). The van der Waals surface area contributed by atoms with E-state index in [1.165, 1.54) is 26.4 Å².